The zero-order valence-electron chi connectivity index (χ0n) is 10.5. The molecule has 0 radical (unpaired) electrons. The molecule has 0 aliphatic carbocycles. The number of aromatic nitrogens is 3. The van der Waals surface area contributed by atoms with Gasteiger partial charge in [0.2, 0.25) is 0 Å². The molecule has 1 aromatic heterocycles. The van der Waals surface area contributed by atoms with Gasteiger partial charge in [-0.1, -0.05) is 26.0 Å². The van der Waals surface area contributed by atoms with Crippen molar-refractivity contribution in [2.75, 3.05) is 0 Å². The second-order valence-corrected chi connectivity index (χ2v) is 4.81. The molecule has 1 aromatic carbocycles. The van der Waals surface area contributed by atoms with Gasteiger partial charge in [-0.25, -0.2) is 14.1 Å². The molecular weight excluding hydrogens is 297 g/mol. The van der Waals surface area contributed by atoms with Gasteiger partial charge in [0.1, 0.15) is 11.6 Å². The van der Waals surface area contributed by atoms with Crippen molar-refractivity contribution in [1.82, 2.24) is 14.8 Å². The Kier molecular flexibility index (Phi) is 4.11. The number of nitrogens with zero attached hydrogens (tertiary/aromatic N) is 3. The van der Waals surface area contributed by atoms with Crippen molar-refractivity contribution in [3.63, 3.8) is 0 Å². The molecule has 0 saturated carbocycles. The largest absolute Gasteiger partial charge is 0.245 e. The van der Waals surface area contributed by atoms with Gasteiger partial charge in [-0.15, -0.1) is 0 Å². The fourth-order valence-corrected chi connectivity index (χ4v) is 2.19. The molecule has 3 nitrogen and oxygen atoms in total. The maximum atomic E-state index is 13.4. The van der Waals surface area contributed by atoms with Crippen molar-refractivity contribution >= 4 is 15.9 Å². The molecule has 0 bridgehead atoms. The number of aryl methyl sites for hydroxylation is 2. The van der Waals surface area contributed by atoms with Gasteiger partial charge in [0.15, 0.2) is 5.82 Å². The summed E-state index contributed by atoms with van der Waals surface area (Å²) in [7, 11) is 0. The lowest BCUT2D eigenvalue weighted by molar-refractivity contribution is 0.603. The van der Waals surface area contributed by atoms with E-state index in [2.05, 4.69) is 26.0 Å². The molecule has 0 aliphatic heterocycles. The van der Waals surface area contributed by atoms with Gasteiger partial charge in [0.25, 0.3) is 0 Å². The maximum Gasteiger partial charge on any atom is 0.150 e. The zero-order valence-corrected chi connectivity index (χ0v) is 12.0. The van der Waals surface area contributed by atoms with E-state index in [-0.39, 0.29) is 5.82 Å². The molecule has 0 fully saturated rings. The van der Waals surface area contributed by atoms with Crippen LogP contribution in [0, 0.1) is 5.82 Å². The minimum Gasteiger partial charge on any atom is -0.245 e. The van der Waals surface area contributed by atoms with E-state index in [1.165, 1.54) is 6.07 Å². The third-order valence-corrected chi connectivity index (χ3v) is 3.66. The van der Waals surface area contributed by atoms with Crippen LogP contribution in [0.2, 0.25) is 0 Å². The van der Waals surface area contributed by atoms with Crippen molar-refractivity contribution in [3.8, 4) is 0 Å². The van der Waals surface area contributed by atoms with Crippen LogP contribution in [0.1, 0.15) is 31.1 Å². The van der Waals surface area contributed by atoms with Gasteiger partial charge >= 0.3 is 0 Å². The summed E-state index contributed by atoms with van der Waals surface area (Å²) in [5.74, 6) is 1.52. The van der Waals surface area contributed by atoms with Crippen molar-refractivity contribution in [2.45, 2.75) is 33.2 Å². The summed E-state index contributed by atoms with van der Waals surface area (Å²) in [5, 5.41) is 4.43. The Morgan fingerprint density at radius 3 is 2.72 bits per heavy atom. The Balaban J connectivity index is 2.33. The van der Waals surface area contributed by atoms with Gasteiger partial charge in [0, 0.05) is 12.8 Å². The van der Waals surface area contributed by atoms with E-state index in [9.17, 15) is 4.39 Å². The molecule has 2 rings (SSSR count). The minimum atomic E-state index is -0.249. The molecule has 0 spiro atoms. The van der Waals surface area contributed by atoms with Crippen molar-refractivity contribution < 1.29 is 4.39 Å². The summed E-state index contributed by atoms with van der Waals surface area (Å²) in [6.07, 6.45) is 1.63. The Bertz CT molecular complexity index is 551. The van der Waals surface area contributed by atoms with E-state index in [0.29, 0.717) is 11.0 Å². The van der Waals surface area contributed by atoms with Crippen LogP contribution in [-0.4, -0.2) is 14.8 Å². The van der Waals surface area contributed by atoms with E-state index >= 15 is 0 Å². The molecule has 0 unspecified atom stereocenters. The zero-order chi connectivity index (χ0) is 13.1. The molecule has 0 saturated heterocycles. The van der Waals surface area contributed by atoms with Crippen LogP contribution in [0.25, 0.3) is 0 Å². The molecule has 0 amide bonds. The highest BCUT2D eigenvalue weighted by Crippen LogP contribution is 2.21. The lowest BCUT2D eigenvalue weighted by Gasteiger charge is -2.07. The van der Waals surface area contributed by atoms with Crippen LogP contribution in [-0.2, 0) is 19.4 Å². The van der Waals surface area contributed by atoms with Crippen LogP contribution in [0.15, 0.2) is 22.7 Å². The topological polar surface area (TPSA) is 30.7 Å². The third-order valence-electron chi connectivity index (χ3n) is 2.78. The van der Waals surface area contributed by atoms with E-state index in [0.717, 1.165) is 30.1 Å². The fourth-order valence-electron chi connectivity index (χ4n) is 1.80. The van der Waals surface area contributed by atoms with Gasteiger partial charge < -0.3 is 0 Å². The summed E-state index contributed by atoms with van der Waals surface area (Å²) in [6.45, 7) is 4.60. The summed E-state index contributed by atoms with van der Waals surface area (Å²) < 4.78 is 15.8. The summed E-state index contributed by atoms with van der Waals surface area (Å²) in [6, 6.07) is 5.03. The van der Waals surface area contributed by atoms with E-state index < -0.39 is 0 Å². The van der Waals surface area contributed by atoms with E-state index in [1.54, 1.807) is 6.07 Å². The first-order valence-electron chi connectivity index (χ1n) is 6.01. The van der Waals surface area contributed by atoms with Crippen molar-refractivity contribution in [2.24, 2.45) is 0 Å². The normalized spacial score (nSPS) is 10.9. The lowest BCUT2D eigenvalue weighted by atomic mass is 10.2. The predicted octanol–water partition coefficient (Wildman–Crippen LogP) is 3.35. The third kappa shape index (κ3) is 2.61. The Morgan fingerprint density at radius 2 is 2.06 bits per heavy atom. The van der Waals surface area contributed by atoms with Crippen LogP contribution in [0.3, 0.4) is 0 Å². The van der Waals surface area contributed by atoms with E-state index in [1.807, 2.05) is 24.6 Å². The number of hydrogen-bond acceptors (Lipinski definition) is 2. The minimum absolute atomic E-state index is 0.249. The summed E-state index contributed by atoms with van der Waals surface area (Å²) in [4.78, 5) is 4.44. The Hall–Kier alpha value is -1.23. The predicted molar refractivity (Wildman–Crippen MR) is 72.0 cm³/mol. The Labute approximate surface area is 114 Å². The first-order chi connectivity index (χ1) is 8.65. The van der Waals surface area contributed by atoms with Gasteiger partial charge in [-0.2, -0.15) is 5.10 Å². The Morgan fingerprint density at radius 1 is 1.28 bits per heavy atom. The molecule has 0 N–H and O–H groups in total. The average molecular weight is 312 g/mol. The standard InChI is InChI=1S/C13H15BrFN3/c1-3-11-16-12(4-2)18(17-11)8-9-6-5-7-10(15)13(9)14/h5-7H,3-4,8H2,1-2H3. The van der Waals surface area contributed by atoms with Gasteiger partial charge in [-0.3, -0.25) is 0 Å². The number of halogens is 2. The molecular formula is C13H15BrFN3. The fraction of sp³-hybridized carbons (Fsp3) is 0.385. The molecule has 5 heteroatoms. The highest BCUT2D eigenvalue weighted by atomic mass is 79.9. The molecule has 18 heavy (non-hydrogen) atoms. The molecule has 96 valence electrons. The molecule has 2 aromatic rings. The van der Waals surface area contributed by atoms with Gasteiger partial charge in [-0.05, 0) is 27.6 Å². The van der Waals surface area contributed by atoms with E-state index in [4.69, 9.17) is 0 Å². The first kappa shape index (κ1) is 13.2. The van der Waals surface area contributed by atoms with Gasteiger partial charge in [0.05, 0.1) is 11.0 Å². The second kappa shape index (κ2) is 5.61. The highest BCUT2D eigenvalue weighted by Gasteiger charge is 2.10. The summed E-state index contributed by atoms with van der Waals surface area (Å²) in [5.41, 5.74) is 0.872. The quantitative estimate of drug-likeness (QED) is 0.867. The average Bonchev–Trinajstić information content (AvgIpc) is 2.77. The molecule has 1 heterocycles. The van der Waals surface area contributed by atoms with Crippen LogP contribution in [0.4, 0.5) is 4.39 Å². The van der Waals surface area contributed by atoms with Crippen LogP contribution >= 0.6 is 15.9 Å². The number of benzene rings is 1. The maximum absolute atomic E-state index is 13.4. The van der Waals surface area contributed by atoms with Crippen molar-refractivity contribution in [3.05, 3.63) is 45.7 Å². The van der Waals surface area contributed by atoms with Crippen LogP contribution in [0.5, 0.6) is 0 Å². The first-order valence-corrected chi connectivity index (χ1v) is 6.80. The lowest BCUT2D eigenvalue weighted by Crippen LogP contribution is -2.07. The summed E-state index contributed by atoms with van der Waals surface area (Å²) >= 11 is 3.27. The monoisotopic (exact) mass is 311 g/mol. The SMILES string of the molecule is CCc1nc(CC)n(Cc2cccc(F)c2Br)n1. The smallest absolute Gasteiger partial charge is 0.150 e. The van der Waals surface area contributed by atoms with Crippen LogP contribution < -0.4 is 0 Å². The molecule has 0 atom stereocenters. The number of rotatable bonds is 4. The second-order valence-electron chi connectivity index (χ2n) is 4.02. The van der Waals surface area contributed by atoms with Crippen molar-refractivity contribution in [1.29, 1.82) is 0 Å². The molecule has 0 aliphatic rings. The number of hydrogen-bond donors (Lipinski definition) is 0. The highest BCUT2D eigenvalue weighted by molar-refractivity contribution is 9.10.